The number of para-hydroxylation sites is 1. The SMILES string of the molecule is COc1ccc(N2C(=O)[C@@](O)([C@@]3(OC(C)C)C(=O)N(C)c4ccccc43)[C@@H]2c2ccc(C)cc2)cc1. The molecule has 0 spiro atoms. The second-order valence-corrected chi connectivity index (χ2v) is 9.68. The van der Waals surface area contributed by atoms with E-state index >= 15 is 0 Å². The molecule has 36 heavy (non-hydrogen) atoms. The van der Waals surface area contributed by atoms with Crippen LogP contribution >= 0.6 is 0 Å². The lowest BCUT2D eigenvalue weighted by molar-refractivity contribution is -0.226. The molecular formula is C29H30N2O5. The van der Waals surface area contributed by atoms with Gasteiger partial charge in [-0.25, -0.2) is 0 Å². The first-order valence-corrected chi connectivity index (χ1v) is 12.0. The van der Waals surface area contributed by atoms with Gasteiger partial charge < -0.3 is 19.5 Å². The number of carbonyl (C=O) groups is 2. The van der Waals surface area contributed by atoms with Crippen LogP contribution < -0.4 is 14.5 Å². The largest absolute Gasteiger partial charge is 0.497 e. The van der Waals surface area contributed by atoms with Crippen molar-refractivity contribution in [2.24, 2.45) is 0 Å². The molecule has 7 nitrogen and oxygen atoms in total. The van der Waals surface area contributed by atoms with Crippen LogP contribution in [0.3, 0.4) is 0 Å². The molecule has 2 aliphatic heterocycles. The molecule has 2 aliphatic rings. The highest BCUT2D eigenvalue weighted by atomic mass is 16.5. The zero-order valence-corrected chi connectivity index (χ0v) is 21.1. The molecule has 0 bridgehead atoms. The quantitative estimate of drug-likeness (QED) is 0.531. The number of hydrogen-bond acceptors (Lipinski definition) is 5. The van der Waals surface area contributed by atoms with E-state index < -0.39 is 35.2 Å². The van der Waals surface area contributed by atoms with Gasteiger partial charge in [-0.05, 0) is 56.7 Å². The molecule has 0 aromatic heterocycles. The zero-order valence-electron chi connectivity index (χ0n) is 21.1. The van der Waals surface area contributed by atoms with Crippen molar-refractivity contribution in [2.75, 3.05) is 24.0 Å². The average molecular weight is 487 g/mol. The van der Waals surface area contributed by atoms with Crippen molar-refractivity contribution in [1.29, 1.82) is 0 Å². The summed E-state index contributed by atoms with van der Waals surface area (Å²) in [7, 11) is 3.21. The number of benzene rings is 3. The van der Waals surface area contributed by atoms with Crippen LogP contribution in [0.15, 0.2) is 72.8 Å². The number of amides is 2. The highest BCUT2D eigenvalue weighted by Gasteiger charge is 2.78. The number of hydrogen-bond donors (Lipinski definition) is 1. The van der Waals surface area contributed by atoms with Crippen molar-refractivity contribution in [3.8, 4) is 5.75 Å². The van der Waals surface area contributed by atoms with Crippen molar-refractivity contribution in [3.05, 3.63) is 89.5 Å². The molecule has 3 aromatic rings. The first-order chi connectivity index (χ1) is 17.2. The smallest absolute Gasteiger partial charge is 0.267 e. The number of nitrogens with zero attached hydrogens (tertiary/aromatic N) is 2. The van der Waals surface area contributed by atoms with Crippen molar-refractivity contribution in [3.63, 3.8) is 0 Å². The highest BCUT2D eigenvalue weighted by molar-refractivity contribution is 6.18. The molecule has 1 fully saturated rings. The van der Waals surface area contributed by atoms with Gasteiger partial charge in [-0.1, -0.05) is 48.0 Å². The Balaban J connectivity index is 1.75. The van der Waals surface area contributed by atoms with Crippen LogP contribution in [-0.2, 0) is 19.9 Å². The second-order valence-electron chi connectivity index (χ2n) is 9.68. The number of aryl methyl sites for hydroxylation is 1. The number of aliphatic hydroxyl groups is 1. The summed E-state index contributed by atoms with van der Waals surface area (Å²) >= 11 is 0. The molecule has 1 saturated heterocycles. The van der Waals surface area contributed by atoms with Crippen LogP contribution in [0.2, 0.25) is 0 Å². The third kappa shape index (κ3) is 3.13. The third-order valence-electron chi connectivity index (χ3n) is 7.14. The lowest BCUT2D eigenvalue weighted by Crippen LogP contribution is -2.79. The van der Waals surface area contributed by atoms with E-state index in [-0.39, 0.29) is 0 Å². The highest BCUT2D eigenvalue weighted by Crippen LogP contribution is 2.60. The molecule has 3 atom stereocenters. The van der Waals surface area contributed by atoms with Gasteiger partial charge in [-0.15, -0.1) is 0 Å². The van der Waals surface area contributed by atoms with Gasteiger partial charge in [0.25, 0.3) is 11.8 Å². The average Bonchev–Trinajstić information content (AvgIpc) is 3.09. The van der Waals surface area contributed by atoms with Gasteiger partial charge in [0.05, 0.1) is 18.9 Å². The van der Waals surface area contributed by atoms with E-state index in [4.69, 9.17) is 9.47 Å². The van der Waals surface area contributed by atoms with Gasteiger partial charge in [0, 0.05) is 18.3 Å². The lowest BCUT2D eigenvalue weighted by atomic mass is 9.64. The number of anilines is 2. The van der Waals surface area contributed by atoms with Crippen molar-refractivity contribution in [2.45, 2.75) is 44.1 Å². The summed E-state index contributed by atoms with van der Waals surface area (Å²) in [6, 6.07) is 21.0. The molecule has 0 aliphatic carbocycles. The Hall–Kier alpha value is -3.68. The maximum Gasteiger partial charge on any atom is 0.267 e. The number of β-lactam (4-membered cyclic amide) rings is 1. The molecule has 7 heteroatoms. The number of methoxy groups -OCH3 is 1. The number of carbonyl (C=O) groups excluding carboxylic acids is 2. The Morgan fingerprint density at radius 2 is 1.56 bits per heavy atom. The van der Waals surface area contributed by atoms with E-state index in [0.717, 1.165) is 5.56 Å². The molecule has 2 amide bonds. The van der Waals surface area contributed by atoms with Gasteiger partial charge in [0.15, 0.2) is 0 Å². The molecule has 0 unspecified atom stereocenters. The van der Waals surface area contributed by atoms with E-state index in [1.54, 1.807) is 70.5 Å². The van der Waals surface area contributed by atoms with Crippen molar-refractivity contribution >= 4 is 23.2 Å². The summed E-state index contributed by atoms with van der Waals surface area (Å²) in [5.74, 6) is -0.424. The van der Waals surface area contributed by atoms with Gasteiger partial charge >= 0.3 is 0 Å². The van der Waals surface area contributed by atoms with E-state index in [1.807, 2.05) is 37.3 Å². The summed E-state index contributed by atoms with van der Waals surface area (Å²) in [6.45, 7) is 5.56. The predicted molar refractivity (Wildman–Crippen MR) is 137 cm³/mol. The minimum absolute atomic E-state index is 0.445. The summed E-state index contributed by atoms with van der Waals surface area (Å²) in [5, 5.41) is 12.5. The Kier molecular flexibility index (Phi) is 5.65. The minimum Gasteiger partial charge on any atom is -0.497 e. The van der Waals surface area contributed by atoms with Crippen LogP contribution in [0.4, 0.5) is 11.4 Å². The molecule has 2 heterocycles. The number of rotatable bonds is 6. The molecule has 0 radical (unpaired) electrons. The fourth-order valence-electron chi connectivity index (χ4n) is 5.48. The van der Waals surface area contributed by atoms with E-state index in [1.165, 1.54) is 9.80 Å². The molecule has 186 valence electrons. The number of ether oxygens (including phenoxy) is 2. The monoisotopic (exact) mass is 486 g/mol. The maximum absolute atomic E-state index is 14.1. The Bertz CT molecular complexity index is 1320. The molecule has 5 rings (SSSR count). The predicted octanol–water partition coefficient (Wildman–Crippen LogP) is 4.12. The van der Waals surface area contributed by atoms with Crippen LogP contribution in [0.25, 0.3) is 0 Å². The Morgan fingerprint density at radius 3 is 2.17 bits per heavy atom. The number of likely N-dealkylation sites (N-methyl/N-ethyl adjacent to an activating group) is 1. The van der Waals surface area contributed by atoms with E-state index in [2.05, 4.69) is 0 Å². The minimum atomic E-state index is -2.19. The Morgan fingerprint density at radius 1 is 0.917 bits per heavy atom. The van der Waals surface area contributed by atoms with Crippen LogP contribution in [0.5, 0.6) is 5.75 Å². The third-order valence-corrected chi connectivity index (χ3v) is 7.14. The number of fused-ring (bicyclic) bond motifs is 1. The first kappa shape index (κ1) is 24.0. The molecule has 1 N–H and O–H groups in total. The van der Waals surface area contributed by atoms with Crippen LogP contribution in [0, 0.1) is 6.92 Å². The lowest BCUT2D eigenvalue weighted by Gasteiger charge is -2.58. The van der Waals surface area contributed by atoms with E-state index in [0.29, 0.717) is 28.3 Å². The summed E-state index contributed by atoms with van der Waals surface area (Å²) in [5.41, 5.74) is -0.692. The van der Waals surface area contributed by atoms with Crippen molar-refractivity contribution in [1.82, 2.24) is 0 Å². The van der Waals surface area contributed by atoms with Crippen LogP contribution in [0.1, 0.15) is 36.6 Å². The molecule has 0 saturated carbocycles. The van der Waals surface area contributed by atoms with Gasteiger partial charge in [0.1, 0.15) is 11.8 Å². The standard InChI is InChI=1S/C29H30N2O5/c1-18(2)36-29(23-8-6-7-9-24(23)30(4)27(29)33)28(34)25(20-12-10-19(3)11-13-20)31(26(28)32)21-14-16-22(35-5)17-15-21/h6-18,25,34H,1-5H3/t25-,28+,29-/m0/s1. The van der Waals surface area contributed by atoms with Gasteiger partial charge in [0.2, 0.25) is 11.2 Å². The second kappa shape index (κ2) is 8.47. The topological polar surface area (TPSA) is 79.3 Å². The van der Waals surface area contributed by atoms with Crippen LogP contribution in [-0.4, -0.2) is 42.8 Å². The fourth-order valence-corrected chi connectivity index (χ4v) is 5.48. The van der Waals surface area contributed by atoms with Crippen molar-refractivity contribution < 1.29 is 24.2 Å². The molecular weight excluding hydrogens is 456 g/mol. The normalized spacial score (nSPS) is 25.2. The zero-order chi connectivity index (χ0) is 25.8. The van der Waals surface area contributed by atoms with Gasteiger partial charge in [-0.3, -0.25) is 14.5 Å². The Labute approximate surface area is 210 Å². The summed E-state index contributed by atoms with van der Waals surface area (Å²) < 4.78 is 11.6. The fraction of sp³-hybridized carbons (Fsp3) is 0.310. The van der Waals surface area contributed by atoms with Gasteiger partial charge in [-0.2, -0.15) is 0 Å². The summed E-state index contributed by atoms with van der Waals surface area (Å²) in [4.78, 5) is 31.1. The maximum atomic E-state index is 14.1. The first-order valence-electron chi connectivity index (χ1n) is 12.0. The molecule has 3 aromatic carbocycles. The van der Waals surface area contributed by atoms with E-state index in [9.17, 15) is 14.7 Å². The summed E-state index contributed by atoms with van der Waals surface area (Å²) in [6.07, 6.45) is -0.445.